The fourth-order valence-corrected chi connectivity index (χ4v) is 2.12. The van der Waals surface area contributed by atoms with E-state index in [1.807, 2.05) is 20.8 Å². The predicted octanol–water partition coefficient (Wildman–Crippen LogP) is 2.06. The number of Topliss-reactive ketones (excluding diaryl/α,β-unsaturated/α-hetero) is 1. The number of rotatable bonds is 1. The van der Waals surface area contributed by atoms with Crippen molar-refractivity contribution in [2.75, 3.05) is 0 Å². The summed E-state index contributed by atoms with van der Waals surface area (Å²) in [6.07, 6.45) is 3.91. The lowest BCUT2D eigenvalue weighted by Gasteiger charge is -2.21. The fourth-order valence-electron chi connectivity index (χ4n) is 2.12. The molecule has 1 aliphatic rings. The molecule has 1 heterocycles. The number of aromatic amines is 1. The average molecular weight is 234 g/mol. The van der Waals surface area contributed by atoms with E-state index in [0.29, 0.717) is 17.5 Å². The maximum Gasteiger partial charge on any atom is 0.253 e. The van der Waals surface area contributed by atoms with Gasteiger partial charge in [-0.25, -0.2) is 0 Å². The van der Waals surface area contributed by atoms with E-state index in [1.165, 1.54) is 0 Å². The van der Waals surface area contributed by atoms with E-state index >= 15 is 0 Å². The molecule has 0 radical (unpaired) electrons. The Hall–Kier alpha value is -1.58. The van der Waals surface area contributed by atoms with E-state index in [9.17, 15) is 9.59 Å². The Kier molecular flexibility index (Phi) is 2.81. The van der Waals surface area contributed by atoms with Crippen molar-refractivity contribution in [2.45, 2.75) is 45.6 Å². The predicted molar refractivity (Wildman–Crippen MR) is 65.3 cm³/mol. The van der Waals surface area contributed by atoms with Crippen LogP contribution < -0.4 is 5.32 Å². The van der Waals surface area contributed by atoms with Gasteiger partial charge in [-0.1, -0.05) is 0 Å². The van der Waals surface area contributed by atoms with Gasteiger partial charge in [-0.3, -0.25) is 9.59 Å². The molecule has 0 saturated carbocycles. The van der Waals surface area contributed by atoms with Crippen LogP contribution in [0, 0.1) is 0 Å². The van der Waals surface area contributed by atoms with Crippen LogP contribution in [0.1, 0.15) is 60.0 Å². The summed E-state index contributed by atoms with van der Waals surface area (Å²) in [5.41, 5.74) is 1.69. The highest BCUT2D eigenvalue weighted by molar-refractivity contribution is 6.09. The fraction of sp³-hybridized carbons (Fsp3) is 0.538. The lowest BCUT2D eigenvalue weighted by Crippen LogP contribution is -2.41. The van der Waals surface area contributed by atoms with E-state index in [4.69, 9.17) is 0 Å². The van der Waals surface area contributed by atoms with Crippen LogP contribution in [0.4, 0.5) is 0 Å². The van der Waals surface area contributed by atoms with Crippen LogP contribution in [0.3, 0.4) is 0 Å². The molecule has 92 valence electrons. The van der Waals surface area contributed by atoms with Crippen molar-refractivity contribution in [3.8, 4) is 0 Å². The van der Waals surface area contributed by atoms with Crippen molar-refractivity contribution < 1.29 is 9.59 Å². The Bertz CT molecular complexity index is 466. The number of hydrogen-bond donors (Lipinski definition) is 2. The maximum atomic E-state index is 12.1. The molecule has 1 amide bonds. The molecular formula is C13H18N2O2. The molecule has 2 rings (SSSR count). The third-order valence-electron chi connectivity index (χ3n) is 2.80. The van der Waals surface area contributed by atoms with Gasteiger partial charge in [-0.2, -0.15) is 0 Å². The molecule has 17 heavy (non-hydrogen) atoms. The van der Waals surface area contributed by atoms with Crippen LogP contribution in [0.25, 0.3) is 0 Å². The van der Waals surface area contributed by atoms with E-state index in [1.54, 1.807) is 6.20 Å². The molecule has 4 nitrogen and oxygen atoms in total. The van der Waals surface area contributed by atoms with Crippen LogP contribution in [0.2, 0.25) is 0 Å². The summed E-state index contributed by atoms with van der Waals surface area (Å²) in [7, 11) is 0. The summed E-state index contributed by atoms with van der Waals surface area (Å²) < 4.78 is 0. The minimum atomic E-state index is -0.293. The highest BCUT2D eigenvalue weighted by Crippen LogP contribution is 2.24. The van der Waals surface area contributed by atoms with Crippen molar-refractivity contribution in [1.29, 1.82) is 0 Å². The van der Waals surface area contributed by atoms with Crippen LogP contribution >= 0.6 is 0 Å². The molecule has 0 aromatic carbocycles. The number of fused-ring (bicyclic) bond motifs is 1. The highest BCUT2D eigenvalue weighted by atomic mass is 16.2. The molecule has 4 heteroatoms. The molecule has 0 spiro atoms. The molecule has 0 bridgehead atoms. The summed E-state index contributed by atoms with van der Waals surface area (Å²) in [6.45, 7) is 5.77. The summed E-state index contributed by atoms with van der Waals surface area (Å²) >= 11 is 0. The van der Waals surface area contributed by atoms with Gasteiger partial charge >= 0.3 is 0 Å². The number of carbonyl (C=O) groups excluding carboxylic acids is 2. The number of H-pyrrole nitrogens is 1. The Morgan fingerprint density at radius 2 is 2.06 bits per heavy atom. The first kappa shape index (κ1) is 11.9. The normalized spacial score (nSPS) is 15.6. The number of amides is 1. The lowest BCUT2D eigenvalue weighted by atomic mass is 9.93. The van der Waals surface area contributed by atoms with E-state index in [-0.39, 0.29) is 17.2 Å². The summed E-state index contributed by atoms with van der Waals surface area (Å²) in [4.78, 5) is 26.9. The maximum absolute atomic E-state index is 12.1. The third kappa shape index (κ3) is 2.40. The Morgan fingerprint density at radius 1 is 1.35 bits per heavy atom. The Morgan fingerprint density at radius 3 is 2.71 bits per heavy atom. The largest absolute Gasteiger partial charge is 0.364 e. The molecule has 2 N–H and O–H groups in total. The number of hydrogen-bond acceptors (Lipinski definition) is 2. The molecule has 0 atom stereocenters. The van der Waals surface area contributed by atoms with Gasteiger partial charge in [-0.15, -0.1) is 0 Å². The number of aromatic nitrogens is 1. The van der Waals surface area contributed by atoms with Gasteiger partial charge < -0.3 is 10.3 Å². The zero-order chi connectivity index (χ0) is 12.6. The van der Waals surface area contributed by atoms with Crippen LogP contribution in [0.5, 0.6) is 0 Å². The lowest BCUT2D eigenvalue weighted by molar-refractivity contribution is 0.0902. The summed E-state index contributed by atoms with van der Waals surface area (Å²) in [6, 6.07) is 0. The second-order valence-corrected chi connectivity index (χ2v) is 5.54. The van der Waals surface area contributed by atoms with Crippen LogP contribution in [-0.2, 0) is 6.42 Å². The van der Waals surface area contributed by atoms with Gasteiger partial charge in [0, 0.05) is 23.9 Å². The van der Waals surface area contributed by atoms with E-state index < -0.39 is 0 Å². The molecule has 1 aliphatic carbocycles. The zero-order valence-corrected chi connectivity index (χ0v) is 10.5. The molecule has 0 fully saturated rings. The minimum Gasteiger partial charge on any atom is -0.364 e. The van der Waals surface area contributed by atoms with Crippen molar-refractivity contribution in [3.05, 3.63) is 23.0 Å². The van der Waals surface area contributed by atoms with Gasteiger partial charge in [0.2, 0.25) is 0 Å². The van der Waals surface area contributed by atoms with Crippen molar-refractivity contribution in [3.63, 3.8) is 0 Å². The second-order valence-electron chi connectivity index (χ2n) is 5.54. The molecule has 0 unspecified atom stereocenters. The zero-order valence-electron chi connectivity index (χ0n) is 10.5. The number of nitrogens with one attached hydrogen (secondary N) is 2. The monoisotopic (exact) mass is 234 g/mol. The Balaban J connectivity index is 2.31. The number of aryl methyl sites for hydroxylation is 1. The molecule has 1 aromatic heterocycles. The van der Waals surface area contributed by atoms with Crippen molar-refractivity contribution in [1.82, 2.24) is 10.3 Å². The topological polar surface area (TPSA) is 62.0 Å². The van der Waals surface area contributed by atoms with Gasteiger partial charge in [-0.05, 0) is 33.6 Å². The van der Waals surface area contributed by atoms with E-state index in [2.05, 4.69) is 10.3 Å². The van der Waals surface area contributed by atoms with Gasteiger partial charge in [0.05, 0.1) is 11.1 Å². The van der Waals surface area contributed by atoms with Crippen LogP contribution in [0.15, 0.2) is 6.20 Å². The second kappa shape index (κ2) is 4.02. The standard InChI is InChI=1S/C13H18N2O2/c1-13(2,3)15-12(17)8-7-14-9-5-4-6-10(16)11(8)9/h7,14H,4-6H2,1-3H3,(H,15,17). The Labute approximate surface area is 101 Å². The third-order valence-corrected chi connectivity index (χ3v) is 2.80. The van der Waals surface area contributed by atoms with Crippen LogP contribution in [-0.4, -0.2) is 22.2 Å². The smallest absolute Gasteiger partial charge is 0.253 e. The first-order valence-electron chi connectivity index (χ1n) is 5.94. The van der Waals surface area contributed by atoms with Gasteiger partial charge in [0.15, 0.2) is 5.78 Å². The average Bonchev–Trinajstić information content (AvgIpc) is 2.60. The van der Waals surface area contributed by atoms with Gasteiger partial charge in [0.25, 0.3) is 5.91 Å². The summed E-state index contributed by atoms with van der Waals surface area (Å²) in [5, 5.41) is 2.88. The van der Waals surface area contributed by atoms with E-state index in [0.717, 1.165) is 18.5 Å². The molecule has 1 aromatic rings. The van der Waals surface area contributed by atoms with Crippen molar-refractivity contribution in [2.24, 2.45) is 0 Å². The first-order valence-corrected chi connectivity index (χ1v) is 5.94. The number of carbonyl (C=O) groups is 2. The quantitative estimate of drug-likeness (QED) is 0.781. The molecule has 0 saturated heterocycles. The first-order chi connectivity index (χ1) is 7.88. The van der Waals surface area contributed by atoms with Gasteiger partial charge in [0.1, 0.15) is 0 Å². The minimum absolute atomic E-state index is 0.0755. The summed E-state index contributed by atoms with van der Waals surface area (Å²) in [5.74, 6) is -0.100. The molecular weight excluding hydrogens is 216 g/mol. The number of ketones is 1. The molecule has 0 aliphatic heterocycles. The SMILES string of the molecule is CC(C)(C)NC(=O)c1c[nH]c2c1C(=O)CCC2. The van der Waals surface area contributed by atoms with Crippen molar-refractivity contribution >= 4 is 11.7 Å². The highest BCUT2D eigenvalue weighted by Gasteiger charge is 2.27.